The topological polar surface area (TPSA) is 50.2 Å². The van der Waals surface area contributed by atoms with Gasteiger partial charge in [0.1, 0.15) is 11.6 Å². The summed E-state index contributed by atoms with van der Waals surface area (Å²) >= 11 is 1.65. The predicted octanol–water partition coefficient (Wildman–Crippen LogP) is 3.21. The number of halogens is 1. The van der Waals surface area contributed by atoms with E-state index < -0.39 is 0 Å². The predicted molar refractivity (Wildman–Crippen MR) is 93.9 cm³/mol. The van der Waals surface area contributed by atoms with E-state index >= 15 is 0 Å². The fraction of sp³-hybridized carbons (Fsp3) is 0.176. The molecular weight excluding hydrogens is 327 g/mol. The van der Waals surface area contributed by atoms with Crippen molar-refractivity contribution in [2.24, 2.45) is 0 Å². The second-order valence-corrected chi connectivity index (χ2v) is 6.37. The lowest BCUT2D eigenvalue weighted by molar-refractivity contribution is -0.115. The van der Waals surface area contributed by atoms with E-state index in [1.165, 1.54) is 12.1 Å². The third-order valence-corrected chi connectivity index (χ3v) is 4.38. The Morgan fingerprint density at radius 1 is 1.29 bits per heavy atom. The van der Waals surface area contributed by atoms with Gasteiger partial charge in [0.15, 0.2) is 0 Å². The molecule has 124 valence electrons. The summed E-state index contributed by atoms with van der Waals surface area (Å²) in [6, 6.07) is 11.8. The zero-order valence-electron chi connectivity index (χ0n) is 13.1. The summed E-state index contributed by atoms with van der Waals surface area (Å²) in [5.74, 6) is 0.199. The molecule has 2 aromatic heterocycles. The van der Waals surface area contributed by atoms with Gasteiger partial charge >= 0.3 is 0 Å². The number of hydrogen-bond donors (Lipinski definition) is 1. The van der Waals surface area contributed by atoms with Crippen molar-refractivity contribution in [1.29, 1.82) is 0 Å². The highest BCUT2D eigenvalue weighted by molar-refractivity contribution is 7.09. The molecule has 7 heteroatoms. The summed E-state index contributed by atoms with van der Waals surface area (Å²) in [6.45, 7) is 0.782. The van der Waals surface area contributed by atoms with E-state index in [0.29, 0.717) is 12.4 Å². The number of thiophene rings is 1. The average molecular weight is 344 g/mol. The third-order valence-electron chi connectivity index (χ3n) is 3.52. The van der Waals surface area contributed by atoms with Crippen molar-refractivity contribution in [1.82, 2.24) is 9.78 Å². The standard InChI is InChI=1S/C17H17FN4OS/c1-21(14-6-4-13(18)5-7-14)12-17(23)20-16-8-9-19-22(16)11-15-3-2-10-24-15/h2-10H,11-12H2,1H3,(H,20,23). The lowest BCUT2D eigenvalue weighted by Gasteiger charge is -2.18. The van der Waals surface area contributed by atoms with Gasteiger partial charge in [-0.2, -0.15) is 5.10 Å². The molecule has 0 saturated carbocycles. The molecule has 3 rings (SSSR count). The van der Waals surface area contributed by atoms with Crippen molar-refractivity contribution >= 4 is 28.7 Å². The van der Waals surface area contributed by atoms with Gasteiger partial charge in [-0.25, -0.2) is 9.07 Å². The highest BCUT2D eigenvalue weighted by Gasteiger charge is 2.11. The largest absolute Gasteiger partial charge is 0.365 e. The Kier molecular flexibility index (Phi) is 4.90. The summed E-state index contributed by atoms with van der Waals surface area (Å²) in [4.78, 5) is 15.2. The smallest absolute Gasteiger partial charge is 0.245 e. The quantitative estimate of drug-likeness (QED) is 0.747. The summed E-state index contributed by atoms with van der Waals surface area (Å²) < 4.78 is 14.7. The Bertz CT molecular complexity index is 798. The zero-order valence-corrected chi connectivity index (χ0v) is 14.0. The lowest BCUT2D eigenvalue weighted by Crippen LogP contribution is -2.30. The first-order valence-corrected chi connectivity index (χ1v) is 8.30. The molecule has 0 radical (unpaired) electrons. The fourth-order valence-corrected chi connectivity index (χ4v) is 2.99. The number of benzene rings is 1. The van der Waals surface area contributed by atoms with E-state index in [1.807, 2.05) is 17.5 Å². The first kappa shape index (κ1) is 16.2. The molecule has 0 bridgehead atoms. The average Bonchev–Trinajstić information content (AvgIpc) is 3.21. The fourth-order valence-electron chi connectivity index (χ4n) is 2.30. The van der Waals surface area contributed by atoms with Crippen LogP contribution in [0.2, 0.25) is 0 Å². The second-order valence-electron chi connectivity index (χ2n) is 5.33. The van der Waals surface area contributed by atoms with Gasteiger partial charge in [0.2, 0.25) is 5.91 Å². The number of nitrogens with one attached hydrogen (secondary N) is 1. The minimum atomic E-state index is -0.297. The molecule has 1 aromatic carbocycles. The van der Waals surface area contributed by atoms with Crippen LogP contribution >= 0.6 is 11.3 Å². The number of nitrogens with zero attached hydrogens (tertiary/aromatic N) is 3. The first-order valence-electron chi connectivity index (χ1n) is 7.42. The van der Waals surface area contributed by atoms with Crippen LogP contribution < -0.4 is 10.2 Å². The number of anilines is 2. The summed E-state index contributed by atoms with van der Waals surface area (Å²) in [5.41, 5.74) is 0.777. The molecule has 0 aliphatic carbocycles. The maximum atomic E-state index is 13.0. The molecule has 3 aromatic rings. The molecule has 1 N–H and O–H groups in total. The molecule has 0 aliphatic rings. The molecular formula is C17H17FN4OS. The van der Waals surface area contributed by atoms with Crippen molar-refractivity contribution in [3.8, 4) is 0 Å². The molecule has 0 saturated heterocycles. The molecule has 0 fully saturated rings. The minimum Gasteiger partial charge on any atom is -0.365 e. The molecule has 1 amide bonds. The van der Waals surface area contributed by atoms with E-state index in [4.69, 9.17) is 0 Å². The van der Waals surface area contributed by atoms with E-state index in [9.17, 15) is 9.18 Å². The van der Waals surface area contributed by atoms with Crippen LogP contribution in [0.15, 0.2) is 54.0 Å². The Labute approximate surface area is 143 Å². The van der Waals surface area contributed by atoms with Crippen LogP contribution in [0.3, 0.4) is 0 Å². The first-order chi connectivity index (χ1) is 11.6. The molecule has 2 heterocycles. The van der Waals surface area contributed by atoms with Crippen LogP contribution in [-0.4, -0.2) is 29.3 Å². The number of carbonyl (C=O) groups excluding carboxylic acids is 1. The minimum absolute atomic E-state index is 0.158. The van der Waals surface area contributed by atoms with Crippen molar-refractivity contribution in [2.45, 2.75) is 6.54 Å². The SMILES string of the molecule is CN(CC(=O)Nc1ccnn1Cc1cccs1)c1ccc(F)cc1. The van der Waals surface area contributed by atoms with Crippen molar-refractivity contribution in [3.63, 3.8) is 0 Å². The molecule has 5 nitrogen and oxygen atoms in total. The number of rotatable bonds is 6. The Balaban J connectivity index is 1.61. The van der Waals surface area contributed by atoms with E-state index in [0.717, 1.165) is 10.6 Å². The van der Waals surface area contributed by atoms with Crippen LogP contribution in [0, 0.1) is 5.82 Å². The number of amides is 1. The van der Waals surface area contributed by atoms with Crippen LogP contribution in [0.25, 0.3) is 0 Å². The zero-order chi connectivity index (χ0) is 16.9. The Morgan fingerprint density at radius 2 is 2.08 bits per heavy atom. The number of aromatic nitrogens is 2. The summed E-state index contributed by atoms with van der Waals surface area (Å²) in [6.07, 6.45) is 1.66. The van der Waals surface area contributed by atoms with Crippen molar-refractivity contribution in [2.75, 3.05) is 23.8 Å². The normalized spacial score (nSPS) is 10.6. The van der Waals surface area contributed by atoms with Gasteiger partial charge < -0.3 is 10.2 Å². The van der Waals surface area contributed by atoms with Crippen LogP contribution in [0.1, 0.15) is 4.88 Å². The van der Waals surface area contributed by atoms with Gasteiger partial charge in [-0.3, -0.25) is 4.79 Å². The van der Waals surface area contributed by atoms with Gasteiger partial charge in [-0.15, -0.1) is 11.3 Å². The van der Waals surface area contributed by atoms with Gasteiger partial charge in [0.25, 0.3) is 0 Å². The van der Waals surface area contributed by atoms with E-state index in [1.54, 1.807) is 52.4 Å². The Hall–Kier alpha value is -2.67. The van der Waals surface area contributed by atoms with Crippen LogP contribution in [-0.2, 0) is 11.3 Å². The lowest BCUT2D eigenvalue weighted by atomic mass is 10.3. The van der Waals surface area contributed by atoms with E-state index in [-0.39, 0.29) is 18.3 Å². The van der Waals surface area contributed by atoms with Crippen molar-refractivity contribution in [3.05, 3.63) is 64.7 Å². The maximum Gasteiger partial charge on any atom is 0.245 e. The summed E-state index contributed by atoms with van der Waals surface area (Å²) in [7, 11) is 1.79. The highest BCUT2D eigenvalue weighted by atomic mass is 32.1. The van der Waals surface area contributed by atoms with Crippen molar-refractivity contribution < 1.29 is 9.18 Å². The highest BCUT2D eigenvalue weighted by Crippen LogP contribution is 2.15. The molecule has 24 heavy (non-hydrogen) atoms. The maximum absolute atomic E-state index is 13.0. The number of hydrogen-bond acceptors (Lipinski definition) is 4. The van der Waals surface area contributed by atoms with Gasteiger partial charge in [-0.1, -0.05) is 6.07 Å². The third kappa shape index (κ3) is 3.99. The van der Waals surface area contributed by atoms with E-state index in [2.05, 4.69) is 10.4 Å². The Morgan fingerprint density at radius 3 is 2.79 bits per heavy atom. The summed E-state index contributed by atoms with van der Waals surface area (Å²) in [5, 5.41) is 9.12. The molecule has 0 unspecified atom stereocenters. The number of likely N-dealkylation sites (N-methyl/N-ethyl adjacent to an activating group) is 1. The number of carbonyl (C=O) groups is 1. The van der Waals surface area contributed by atoms with Gasteiger partial charge in [0.05, 0.1) is 19.3 Å². The van der Waals surface area contributed by atoms with Crippen LogP contribution in [0.4, 0.5) is 15.9 Å². The van der Waals surface area contributed by atoms with Crippen LogP contribution in [0.5, 0.6) is 0 Å². The molecule has 0 spiro atoms. The monoisotopic (exact) mass is 344 g/mol. The van der Waals surface area contributed by atoms with Gasteiger partial charge in [0, 0.05) is 23.7 Å². The second kappa shape index (κ2) is 7.27. The van der Waals surface area contributed by atoms with Gasteiger partial charge in [-0.05, 0) is 35.7 Å². The molecule has 0 aliphatic heterocycles. The molecule has 0 atom stereocenters.